The van der Waals surface area contributed by atoms with Gasteiger partial charge < -0.3 is 14.0 Å². The van der Waals surface area contributed by atoms with Crippen molar-refractivity contribution in [2.45, 2.75) is 104 Å². The molecule has 0 saturated carbocycles. The topological polar surface area (TPSA) is 48.6 Å². The number of fused-ring (bicyclic) bond motifs is 6. The number of hydrogen-bond donors (Lipinski definition) is 0. The first-order valence-corrected chi connectivity index (χ1v) is 18.0. The predicted octanol–water partition coefficient (Wildman–Crippen LogP) is 11.2. The van der Waals surface area contributed by atoms with Crippen LogP contribution in [0.15, 0.2) is 90.1 Å². The molecule has 6 aromatic rings. The van der Waals surface area contributed by atoms with Crippen molar-refractivity contribution >= 4 is 27.7 Å². The average Bonchev–Trinajstić information content (AvgIpc) is 3.59. The first kappa shape index (κ1) is 36.2. The van der Waals surface area contributed by atoms with Gasteiger partial charge in [0.2, 0.25) is 0 Å². The molecule has 4 aromatic carbocycles. The minimum Gasteiger partial charge on any atom is -0.510 e. The van der Waals surface area contributed by atoms with E-state index in [1.54, 1.807) is 0 Å². The predicted molar refractivity (Wildman–Crippen MR) is 208 cm³/mol. The zero-order valence-corrected chi connectivity index (χ0v) is 34.3. The Balaban J connectivity index is 0.00000420. The summed E-state index contributed by atoms with van der Waals surface area (Å²) < 4.78 is 15.7. The van der Waals surface area contributed by atoms with Gasteiger partial charge in [0, 0.05) is 28.6 Å². The Morgan fingerprint density at radius 1 is 0.731 bits per heavy atom. The van der Waals surface area contributed by atoms with E-state index in [9.17, 15) is 0 Å². The zero-order valence-electron chi connectivity index (χ0n) is 32.1. The second-order valence-corrected chi connectivity index (χ2v) is 17.4. The van der Waals surface area contributed by atoms with Crippen LogP contribution in [0.4, 0.5) is 0 Å². The van der Waals surface area contributed by atoms with E-state index >= 15 is 0 Å². The number of aryl methyl sites for hydroxylation is 1. The van der Waals surface area contributed by atoms with Gasteiger partial charge in [-0.05, 0) is 70.5 Å². The van der Waals surface area contributed by atoms with E-state index in [1.165, 1.54) is 27.6 Å². The van der Waals surface area contributed by atoms with Crippen LogP contribution in [0.25, 0.3) is 27.6 Å². The molecule has 6 heteroatoms. The van der Waals surface area contributed by atoms with Gasteiger partial charge in [0.15, 0.2) is 0 Å². The van der Waals surface area contributed by atoms with Gasteiger partial charge in [-0.15, -0.1) is 29.1 Å². The molecular weight excluding hydrogens is 822 g/mol. The maximum absolute atomic E-state index is 6.89. The molecule has 0 fully saturated rings. The van der Waals surface area contributed by atoms with Crippen LogP contribution in [-0.2, 0) is 47.6 Å². The summed E-state index contributed by atoms with van der Waals surface area (Å²) in [7, 11) is 0. The van der Waals surface area contributed by atoms with Crippen molar-refractivity contribution in [3.8, 4) is 17.3 Å². The number of rotatable bonds is 4. The number of hydrogen-bond acceptors (Lipinski definition) is 4. The van der Waals surface area contributed by atoms with Gasteiger partial charge in [0.1, 0.15) is 22.9 Å². The van der Waals surface area contributed by atoms with Crippen LogP contribution in [-0.4, -0.2) is 21.0 Å². The second kappa shape index (κ2) is 11.9. The molecule has 2 atom stereocenters. The summed E-state index contributed by atoms with van der Waals surface area (Å²) in [6, 6.07) is 35.0. The number of aromatic nitrogens is 2. The third kappa shape index (κ3) is 5.37. The van der Waals surface area contributed by atoms with E-state index < -0.39 is 11.1 Å². The monoisotopic (exact) mass is 868 g/mol. The fourth-order valence-electron chi connectivity index (χ4n) is 8.17. The molecule has 0 bridgehead atoms. The van der Waals surface area contributed by atoms with Gasteiger partial charge in [0.05, 0.1) is 0 Å². The van der Waals surface area contributed by atoms with E-state index in [0.717, 1.165) is 33.4 Å². The molecule has 0 N–H and O–H groups in total. The Morgan fingerprint density at radius 2 is 1.42 bits per heavy atom. The number of pyridine rings is 1. The van der Waals surface area contributed by atoms with E-state index in [-0.39, 0.29) is 37.3 Å². The number of benzene rings is 4. The number of ether oxygens (including phenoxy) is 2. The van der Waals surface area contributed by atoms with Crippen molar-refractivity contribution in [1.82, 2.24) is 9.55 Å². The van der Waals surface area contributed by atoms with Crippen LogP contribution in [0.3, 0.4) is 0 Å². The third-order valence-corrected chi connectivity index (χ3v) is 11.7. The van der Waals surface area contributed by atoms with Gasteiger partial charge in [-0.3, -0.25) is 4.99 Å². The normalized spacial score (nSPS) is 20.6. The van der Waals surface area contributed by atoms with Crippen LogP contribution in [0, 0.1) is 19.1 Å². The summed E-state index contributed by atoms with van der Waals surface area (Å²) in [5.74, 6) is 2.64. The van der Waals surface area contributed by atoms with E-state index in [2.05, 4.69) is 160 Å². The fraction of sp³-hybridized carbons (Fsp3) is 0.348. The quantitative estimate of drug-likeness (QED) is 0.166. The summed E-state index contributed by atoms with van der Waals surface area (Å²) in [6.45, 7) is 24.4. The van der Waals surface area contributed by atoms with Crippen LogP contribution >= 0.6 is 0 Å². The summed E-state index contributed by atoms with van der Waals surface area (Å²) in [6.07, 6.45) is 1.91. The number of aliphatic imine (C=N–C) groups is 1. The van der Waals surface area contributed by atoms with Gasteiger partial charge in [-0.25, -0.2) is 4.98 Å². The maximum atomic E-state index is 6.89. The molecule has 0 spiro atoms. The molecule has 0 saturated heterocycles. The van der Waals surface area contributed by atoms with Gasteiger partial charge >= 0.3 is 21.1 Å². The molecule has 2 aromatic heterocycles. The van der Waals surface area contributed by atoms with Crippen molar-refractivity contribution in [3.05, 3.63) is 131 Å². The Bertz CT molecular complexity index is 2430. The maximum Gasteiger partial charge on any atom is 2.00 e. The SMILES string of the molecule is Cc1cc(Oc2[c-]c3c(cc2)c2cc(C(C)(C)C)ccc2n3-c2cc(C(C)(C)C)ccn2)[c-]c(C2=N[C@]3(C)c4ccccc4C(C)(C)[C@]3(C)O2)c1.[Pt+2]. The Hall–Kier alpha value is -4.21. The molecule has 5 nitrogen and oxygen atoms in total. The molecule has 0 amide bonds. The molecule has 8 rings (SSSR count). The summed E-state index contributed by atoms with van der Waals surface area (Å²) in [4.78, 5) is 10.2. The minimum absolute atomic E-state index is 0. The number of nitrogens with zero attached hydrogens (tertiary/aromatic N) is 3. The van der Waals surface area contributed by atoms with E-state index in [4.69, 9.17) is 19.5 Å². The van der Waals surface area contributed by atoms with Crippen molar-refractivity contribution in [1.29, 1.82) is 0 Å². The summed E-state index contributed by atoms with van der Waals surface area (Å²) in [5.41, 5.74) is 7.47. The van der Waals surface area contributed by atoms with Crippen LogP contribution in [0.1, 0.15) is 103 Å². The molecular formula is C46H47N3O2Pt. The van der Waals surface area contributed by atoms with Crippen LogP contribution < -0.4 is 4.74 Å². The third-order valence-electron chi connectivity index (χ3n) is 11.7. The molecule has 268 valence electrons. The minimum atomic E-state index is -0.560. The Labute approximate surface area is 322 Å². The zero-order chi connectivity index (χ0) is 36.3. The largest absolute Gasteiger partial charge is 2.00 e. The van der Waals surface area contributed by atoms with Crippen molar-refractivity contribution in [2.24, 2.45) is 4.99 Å². The fourth-order valence-corrected chi connectivity index (χ4v) is 8.17. The van der Waals surface area contributed by atoms with Crippen LogP contribution in [0.2, 0.25) is 0 Å². The van der Waals surface area contributed by atoms with Gasteiger partial charge in [0.25, 0.3) is 0 Å². The molecule has 2 aliphatic rings. The molecule has 0 radical (unpaired) electrons. The average molecular weight is 869 g/mol. The smallest absolute Gasteiger partial charge is 0.510 e. The Kier molecular flexibility index (Phi) is 8.28. The Morgan fingerprint density at radius 3 is 2.13 bits per heavy atom. The van der Waals surface area contributed by atoms with Crippen molar-refractivity contribution < 1.29 is 30.5 Å². The molecule has 1 aliphatic carbocycles. The van der Waals surface area contributed by atoms with Crippen LogP contribution in [0.5, 0.6) is 11.5 Å². The van der Waals surface area contributed by atoms with Gasteiger partial charge in [-0.1, -0.05) is 122 Å². The van der Waals surface area contributed by atoms with Crippen molar-refractivity contribution in [2.75, 3.05) is 0 Å². The second-order valence-electron chi connectivity index (χ2n) is 17.4. The summed E-state index contributed by atoms with van der Waals surface area (Å²) in [5, 5.41) is 2.27. The summed E-state index contributed by atoms with van der Waals surface area (Å²) >= 11 is 0. The molecule has 0 unspecified atom stereocenters. The van der Waals surface area contributed by atoms with Gasteiger partial charge in [-0.2, -0.15) is 6.07 Å². The first-order chi connectivity index (χ1) is 23.9. The first-order valence-electron chi connectivity index (χ1n) is 18.0. The molecule has 3 heterocycles. The molecule has 52 heavy (non-hydrogen) atoms. The van der Waals surface area contributed by atoms with Crippen molar-refractivity contribution in [3.63, 3.8) is 0 Å². The van der Waals surface area contributed by atoms with E-state index in [1.807, 2.05) is 18.3 Å². The standard InChI is InChI=1S/C46H47N3O2.Pt/c1-28-22-29(41-48-45(10)37-15-13-12-14-36(37)44(8,9)46(45,11)51-41)24-33(23-28)50-32-17-18-34-35-25-30(42(2,3)4)16-19-38(35)49(39(34)27-32)40-26-31(20-21-47-40)43(5,6)7;/h12-23,25-26H,1-11H3;/q-2;+2/t45-,46+;/m1./s1. The van der Waals surface area contributed by atoms with E-state index in [0.29, 0.717) is 17.4 Å². The molecule has 1 aliphatic heterocycles.